The molecule has 0 saturated carbocycles. The van der Waals surface area contributed by atoms with Crippen molar-refractivity contribution in [3.05, 3.63) is 23.8 Å². The van der Waals surface area contributed by atoms with Gasteiger partial charge in [-0.1, -0.05) is 13.0 Å². The summed E-state index contributed by atoms with van der Waals surface area (Å²) in [7, 11) is 1.66. The molecule has 0 unspecified atom stereocenters. The summed E-state index contributed by atoms with van der Waals surface area (Å²) in [6.07, 6.45) is 0. The van der Waals surface area contributed by atoms with E-state index in [2.05, 4.69) is 13.0 Å². The van der Waals surface area contributed by atoms with Crippen LogP contribution < -0.4 is 10.5 Å². The summed E-state index contributed by atoms with van der Waals surface area (Å²) in [6, 6.07) is 6.04. The summed E-state index contributed by atoms with van der Waals surface area (Å²) in [4.78, 5) is 1.21. The van der Waals surface area contributed by atoms with Crippen molar-refractivity contribution < 1.29 is 9.47 Å². The quantitative estimate of drug-likeness (QED) is 0.587. The smallest absolute Gasteiger partial charge is 0.125 e. The summed E-state index contributed by atoms with van der Waals surface area (Å²) in [5.74, 6) is 1.91. The molecule has 0 aliphatic heterocycles. The third-order valence-electron chi connectivity index (χ3n) is 2.14. The second-order valence-electron chi connectivity index (χ2n) is 3.21. The zero-order valence-corrected chi connectivity index (χ0v) is 10.7. The summed E-state index contributed by atoms with van der Waals surface area (Å²) in [5.41, 5.74) is 6.85. The van der Waals surface area contributed by atoms with Crippen molar-refractivity contribution in [1.82, 2.24) is 0 Å². The molecular weight excluding hydrogens is 222 g/mol. The Morgan fingerprint density at radius 2 is 2.12 bits per heavy atom. The van der Waals surface area contributed by atoms with E-state index in [-0.39, 0.29) is 0 Å². The van der Waals surface area contributed by atoms with Crippen LogP contribution in [0.1, 0.15) is 12.5 Å². The Morgan fingerprint density at radius 3 is 2.75 bits per heavy atom. The number of hydrogen-bond acceptors (Lipinski definition) is 4. The molecule has 0 bridgehead atoms. The molecular formula is C12H19NO2S. The molecule has 0 atom stereocenters. The second-order valence-corrected chi connectivity index (χ2v) is 4.52. The number of nitrogens with two attached hydrogens (primary N) is 1. The maximum Gasteiger partial charge on any atom is 0.125 e. The molecule has 1 rings (SSSR count). The molecule has 0 amide bonds. The Labute approximate surface area is 101 Å². The van der Waals surface area contributed by atoms with E-state index in [1.54, 1.807) is 18.9 Å². The molecule has 2 N–H and O–H groups in total. The maximum absolute atomic E-state index is 5.76. The van der Waals surface area contributed by atoms with Crippen LogP contribution in [0.15, 0.2) is 23.1 Å². The molecule has 90 valence electrons. The van der Waals surface area contributed by atoms with Gasteiger partial charge < -0.3 is 15.2 Å². The van der Waals surface area contributed by atoms with E-state index in [4.69, 9.17) is 15.2 Å². The number of ether oxygens (including phenoxy) is 2. The van der Waals surface area contributed by atoms with Gasteiger partial charge in [-0.2, -0.15) is 0 Å². The minimum absolute atomic E-state index is 0.505. The van der Waals surface area contributed by atoms with Gasteiger partial charge in [0.1, 0.15) is 12.4 Å². The Balaban J connectivity index is 2.77. The molecule has 1 aromatic carbocycles. The first kappa shape index (κ1) is 13.4. The van der Waals surface area contributed by atoms with Crippen molar-refractivity contribution in [2.75, 3.05) is 26.1 Å². The molecule has 4 heteroatoms. The first-order valence-electron chi connectivity index (χ1n) is 5.40. The van der Waals surface area contributed by atoms with E-state index in [1.807, 2.05) is 12.1 Å². The SMILES string of the molecule is CCSc1cccc(OCCOC)c1CN. The van der Waals surface area contributed by atoms with Crippen LogP contribution in [0.5, 0.6) is 5.75 Å². The van der Waals surface area contributed by atoms with Gasteiger partial charge >= 0.3 is 0 Å². The van der Waals surface area contributed by atoms with Gasteiger partial charge in [0.2, 0.25) is 0 Å². The number of hydrogen-bond donors (Lipinski definition) is 1. The van der Waals surface area contributed by atoms with Gasteiger partial charge in [-0.3, -0.25) is 0 Å². The molecule has 3 nitrogen and oxygen atoms in total. The number of benzene rings is 1. The Hall–Kier alpha value is -0.710. The van der Waals surface area contributed by atoms with Gasteiger partial charge in [0.05, 0.1) is 6.61 Å². The van der Waals surface area contributed by atoms with E-state index in [1.165, 1.54) is 4.90 Å². The molecule has 0 aromatic heterocycles. The highest BCUT2D eigenvalue weighted by Crippen LogP contribution is 2.29. The van der Waals surface area contributed by atoms with Crippen LogP contribution in [0.2, 0.25) is 0 Å². The Bertz CT molecular complexity index is 318. The van der Waals surface area contributed by atoms with Crippen LogP contribution in [0, 0.1) is 0 Å². The Morgan fingerprint density at radius 1 is 1.31 bits per heavy atom. The highest BCUT2D eigenvalue weighted by Gasteiger charge is 2.07. The van der Waals surface area contributed by atoms with E-state index in [9.17, 15) is 0 Å². The van der Waals surface area contributed by atoms with Crippen molar-refractivity contribution in [1.29, 1.82) is 0 Å². The van der Waals surface area contributed by atoms with E-state index >= 15 is 0 Å². The summed E-state index contributed by atoms with van der Waals surface area (Å²) >= 11 is 1.79. The van der Waals surface area contributed by atoms with Crippen molar-refractivity contribution in [3.8, 4) is 5.75 Å². The van der Waals surface area contributed by atoms with Gasteiger partial charge in [0.15, 0.2) is 0 Å². The number of thioether (sulfide) groups is 1. The van der Waals surface area contributed by atoms with Gasteiger partial charge in [0, 0.05) is 24.1 Å². The van der Waals surface area contributed by atoms with Gasteiger partial charge in [-0.25, -0.2) is 0 Å². The van der Waals surface area contributed by atoms with Gasteiger partial charge in [-0.15, -0.1) is 11.8 Å². The third kappa shape index (κ3) is 3.70. The maximum atomic E-state index is 5.76. The van der Waals surface area contributed by atoms with Crippen molar-refractivity contribution in [3.63, 3.8) is 0 Å². The van der Waals surface area contributed by atoms with Crippen molar-refractivity contribution in [2.45, 2.75) is 18.4 Å². The largest absolute Gasteiger partial charge is 0.491 e. The fourth-order valence-electron chi connectivity index (χ4n) is 1.41. The molecule has 1 aromatic rings. The lowest BCUT2D eigenvalue weighted by Gasteiger charge is -2.13. The normalized spacial score (nSPS) is 10.4. The monoisotopic (exact) mass is 241 g/mol. The molecule has 0 aliphatic rings. The lowest BCUT2D eigenvalue weighted by Crippen LogP contribution is -2.08. The van der Waals surface area contributed by atoms with E-state index < -0.39 is 0 Å². The molecule has 0 heterocycles. The third-order valence-corrected chi connectivity index (χ3v) is 3.12. The highest BCUT2D eigenvalue weighted by atomic mass is 32.2. The molecule has 0 aliphatic carbocycles. The molecule has 0 radical (unpaired) electrons. The number of methoxy groups -OCH3 is 1. The minimum Gasteiger partial charge on any atom is -0.491 e. The Kier molecular flexibility index (Phi) is 6.30. The molecule has 16 heavy (non-hydrogen) atoms. The van der Waals surface area contributed by atoms with Gasteiger partial charge in [-0.05, 0) is 17.9 Å². The van der Waals surface area contributed by atoms with E-state index in [0.717, 1.165) is 17.1 Å². The van der Waals surface area contributed by atoms with Crippen LogP contribution in [0.4, 0.5) is 0 Å². The average Bonchev–Trinajstić information content (AvgIpc) is 2.30. The van der Waals surface area contributed by atoms with Gasteiger partial charge in [0.25, 0.3) is 0 Å². The molecule has 0 spiro atoms. The topological polar surface area (TPSA) is 44.5 Å². The van der Waals surface area contributed by atoms with E-state index in [0.29, 0.717) is 19.8 Å². The van der Waals surface area contributed by atoms with Crippen LogP contribution >= 0.6 is 11.8 Å². The second kappa shape index (κ2) is 7.54. The fraction of sp³-hybridized carbons (Fsp3) is 0.500. The predicted octanol–water partition coefficient (Wildman–Crippen LogP) is 2.28. The summed E-state index contributed by atoms with van der Waals surface area (Å²) in [6.45, 7) is 3.79. The zero-order chi connectivity index (χ0) is 11.8. The fourth-order valence-corrected chi connectivity index (χ4v) is 2.25. The standard InChI is InChI=1S/C12H19NO2S/c1-3-16-12-6-4-5-11(10(12)9-13)15-8-7-14-2/h4-6H,3,7-9,13H2,1-2H3. The average molecular weight is 241 g/mol. The molecule has 0 saturated heterocycles. The highest BCUT2D eigenvalue weighted by molar-refractivity contribution is 7.99. The zero-order valence-electron chi connectivity index (χ0n) is 9.86. The van der Waals surface area contributed by atoms with Crippen molar-refractivity contribution >= 4 is 11.8 Å². The van der Waals surface area contributed by atoms with Crippen LogP contribution in [0.25, 0.3) is 0 Å². The van der Waals surface area contributed by atoms with Crippen LogP contribution in [-0.4, -0.2) is 26.1 Å². The summed E-state index contributed by atoms with van der Waals surface area (Å²) in [5, 5.41) is 0. The molecule has 0 fully saturated rings. The lowest BCUT2D eigenvalue weighted by molar-refractivity contribution is 0.145. The van der Waals surface area contributed by atoms with Crippen LogP contribution in [0.3, 0.4) is 0 Å². The first-order chi connectivity index (χ1) is 7.83. The predicted molar refractivity (Wildman–Crippen MR) is 68.1 cm³/mol. The van der Waals surface area contributed by atoms with Crippen molar-refractivity contribution in [2.24, 2.45) is 5.73 Å². The first-order valence-corrected chi connectivity index (χ1v) is 6.38. The lowest BCUT2D eigenvalue weighted by atomic mass is 10.2. The van der Waals surface area contributed by atoms with Crippen LogP contribution in [-0.2, 0) is 11.3 Å². The minimum atomic E-state index is 0.505. The summed E-state index contributed by atoms with van der Waals surface area (Å²) < 4.78 is 10.6. The number of rotatable bonds is 7.